The second kappa shape index (κ2) is 6.30. The number of allylic oxidation sites excluding steroid dienone is 1. The summed E-state index contributed by atoms with van der Waals surface area (Å²) < 4.78 is 38.3. The van der Waals surface area contributed by atoms with Gasteiger partial charge in [0.1, 0.15) is 16.7 Å². The van der Waals surface area contributed by atoms with Crippen LogP contribution in [0.15, 0.2) is 17.0 Å². The molecule has 0 aliphatic rings. The van der Waals surface area contributed by atoms with Crippen LogP contribution in [-0.4, -0.2) is 36.0 Å². The molecule has 0 spiro atoms. The van der Waals surface area contributed by atoms with Crippen LogP contribution in [0.3, 0.4) is 0 Å². The fourth-order valence-corrected chi connectivity index (χ4v) is 2.04. The molecular weight excluding hydrogens is 282 g/mol. The lowest BCUT2D eigenvalue weighted by Gasteiger charge is -2.12. The van der Waals surface area contributed by atoms with E-state index in [-0.39, 0.29) is 4.91 Å². The molecule has 1 aromatic carbocycles. The predicted molar refractivity (Wildman–Crippen MR) is 74.5 cm³/mol. The number of nitriles is 1. The van der Waals surface area contributed by atoms with E-state index in [0.717, 1.165) is 6.26 Å². The quantitative estimate of drug-likeness (QED) is 0.768. The van der Waals surface area contributed by atoms with Gasteiger partial charge in [-0.05, 0) is 12.1 Å². The summed E-state index contributed by atoms with van der Waals surface area (Å²) >= 11 is 0. The molecule has 0 amide bonds. The summed E-state index contributed by atoms with van der Waals surface area (Å²) in [4.78, 5) is -0.358. The number of sulfone groups is 1. The van der Waals surface area contributed by atoms with Crippen LogP contribution in [0.4, 0.5) is 0 Å². The van der Waals surface area contributed by atoms with Gasteiger partial charge in [0.15, 0.2) is 21.3 Å². The number of rotatable bonds is 5. The molecule has 0 fully saturated rings. The summed E-state index contributed by atoms with van der Waals surface area (Å²) in [5.41, 5.74) is 0.409. The molecule has 7 heteroatoms. The molecule has 20 heavy (non-hydrogen) atoms. The molecule has 0 atom stereocenters. The monoisotopic (exact) mass is 297 g/mol. The van der Waals surface area contributed by atoms with Crippen LogP contribution in [0.2, 0.25) is 0 Å². The van der Waals surface area contributed by atoms with Crippen LogP contribution in [0.25, 0.3) is 6.08 Å². The van der Waals surface area contributed by atoms with Crippen LogP contribution >= 0.6 is 0 Å². The van der Waals surface area contributed by atoms with Crippen LogP contribution in [0.5, 0.6) is 17.2 Å². The second-order valence-electron chi connectivity index (χ2n) is 3.84. The van der Waals surface area contributed by atoms with Gasteiger partial charge in [-0.25, -0.2) is 8.42 Å². The third-order valence-corrected chi connectivity index (χ3v) is 3.54. The fourth-order valence-electron chi connectivity index (χ4n) is 1.53. The zero-order valence-electron chi connectivity index (χ0n) is 11.6. The minimum atomic E-state index is -3.60. The van der Waals surface area contributed by atoms with E-state index in [1.807, 2.05) is 0 Å². The Bertz CT molecular complexity index is 671. The normalized spacial score (nSPS) is 11.7. The summed E-state index contributed by atoms with van der Waals surface area (Å²) in [7, 11) is 0.769. The molecule has 0 N–H and O–H groups in total. The Morgan fingerprint density at radius 1 is 1.10 bits per heavy atom. The van der Waals surface area contributed by atoms with Crippen LogP contribution in [0.1, 0.15) is 5.56 Å². The van der Waals surface area contributed by atoms with Crippen LogP contribution < -0.4 is 14.2 Å². The van der Waals surface area contributed by atoms with Gasteiger partial charge >= 0.3 is 0 Å². The van der Waals surface area contributed by atoms with Crippen molar-refractivity contribution in [2.75, 3.05) is 27.6 Å². The van der Waals surface area contributed by atoms with E-state index in [2.05, 4.69) is 0 Å². The van der Waals surface area contributed by atoms with Gasteiger partial charge in [-0.3, -0.25) is 0 Å². The summed E-state index contributed by atoms with van der Waals surface area (Å²) in [6, 6.07) is 4.75. The highest BCUT2D eigenvalue weighted by atomic mass is 32.2. The van der Waals surface area contributed by atoms with Gasteiger partial charge in [-0.1, -0.05) is 0 Å². The highest BCUT2D eigenvalue weighted by molar-refractivity contribution is 7.95. The molecule has 0 saturated heterocycles. The highest BCUT2D eigenvalue weighted by Gasteiger charge is 2.15. The predicted octanol–water partition coefficient (Wildman–Crippen LogP) is 1.62. The van der Waals surface area contributed by atoms with Crippen molar-refractivity contribution in [2.45, 2.75) is 0 Å². The minimum Gasteiger partial charge on any atom is -0.496 e. The maximum Gasteiger partial charge on any atom is 0.185 e. The van der Waals surface area contributed by atoms with Gasteiger partial charge in [0.2, 0.25) is 0 Å². The van der Waals surface area contributed by atoms with Crippen molar-refractivity contribution in [3.63, 3.8) is 0 Å². The molecule has 6 nitrogen and oxygen atoms in total. The van der Waals surface area contributed by atoms with Crippen molar-refractivity contribution in [2.24, 2.45) is 0 Å². The first-order valence-corrected chi connectivity index (χ1v) is 7.38. The molecule has 1 rings (SSSR count). The van der Waals surface area contributed by atoms with Gasteiger partial charge < -0.3 is 14.2 Å². The summed E-state index contributed by atoms with van der Waals surface area (Å²) in [5.74, 6) is 1.23. The van der Waals surface area contributed by atoms with Crippen molar-refractivity contribution in [3.05, 3.63) is 22.6 Å². The Morgan fingerprint density at radius 3 is 2.00 bits per heavy atom. The van der Waals surface area contributed by atoms with E-state index in [1.165, 1.54) is 27.4 Å². The Morgan fingerprint density at radius 2 is 1.60 bits per heavy atom. The van der Waals surface area contributed by atoms with E-state index < -0.39 is 9.84 Å². The number of methoxy groups -OCH3 is 3. The molecule has 0 bridgehead atoms. The second-order valence-corrected chi connectivity index (χ2v) is 5.83. The van der Waals surface area contributed by atoms with Crippen molar-refractivity contribution in [1.82, 2.24) is 0 Å². The van der Waals surface area contributed by atoms with Gasteiger partial charge in [0.05, 0.1) is 21.3 Å². The smallest absolute Gasteiger partial charge is 0.185 e. The topological polar surface area (TPSA) is 85.6 Å². The Hall–Kier alpha value is -2.20. The molecule has 0 aliphatic heterocycles. The van der Waals surface area contributed by atoms with E-state index >= 15 is 0 Å². The molecule has 0 heterocycles. The largest absolute Gasteiger partial charge is 0.496 e. The minimum absolute atomic E-state index is 0.358. The number of ether oxygens (including phenoxy) is 3. The number of nitrogens with zero attached hydrogens (tertiary/aromatic N) is 1. The van der Waals surface area contributed by atoms with Gasteiger partial charge in [-0.15, -0.1) is 0 Å². The molecule has 0 saturated carbocycles. The highest BCUT2D eigenvalue weighted by Crippen LogP contribution is 2.35. The number of hydrogen-bond donors (Lipinski definition) is 0. The lowest BCUT2D eigenvalue weighted by atomic mass is 10.1. The lowest BCUT2D eigenvalue weighted by Crippen LogP contribution is -2.00. The average Bonchev–Trinajstić information content (AvgIpc) is 2.42. The van der Waals surface area contributed by atoms with Gasteiger partial charge in [-0.2, -0.15) is 5.26 Å². The first-order valence-electron chi connectivity index (χ1n) is 5.49. The lowest BCUT2D eigenvalue weighted by molar-refractivity contribution is 0.348. The molecular formula is C13H15NO5S. The maximum absolute atomic E-state index is 11.5. The molecule has 0 aliphatic carbocycles. The Labute approximate surface area is 118 Å². The molecule has 0 unspecified atom stereocenters. The van der Waals surface area contributed by atoms with Crippen molar-refractivity contribution < 1.29 is 22.6 Å². The molecule has 0 aromatic heterocycles. The molecule has 108 valence electrons. The van der Waals surface area contributed by atoms with Crippen LogP contribution in [-0.2, 0) is 9.84 Å². The first kappa shape index (κ1) is 15.9. The third-order valence-electron chi connectivity index (χ3n) is 2.53. The summed E-state index contributed by atoms with van der Waals surface area (Å²) in [5, 5.41) is 8.92. The zero-order valence-corrected chi connectivity index (χ0v) is 12.4. The molecule has 1 aromatic rings. The Kier molecular flexibility index (Phi) is 5.00. The average molecular weight is 297 g/mol. The molecule has 0 radical (unpaired) electrons. The summed E-state index contributed by atoms with van der Waals surface area (Å²) in [6.07, 6.45) is 2.20. The first-order chi connectivity index (χ1) is 9.37. The van der Waals surface area contributed by atoms with Crippen molar-refractivity contribution >= 4 is 15.9 Å². The maximum atomic E-state index is 11.5. The van der Waals surface area contributed by atoms with Gasteiger partial charge in [0.25, 0.3) is 0 Å². The summed E-state index contributed by atoms with van der Waals surface area (Å²) in [6.45, 7) is 0. The SMILES string of the molecule is COc1cc(OC)c(OC)cc1/C=C(/C#N)S(C)(=O)=O. The zero-order chi connectivity index (χ0) is 15.3. The standard InChI is InChI=1S/C13H15NO5S/c1-17-11-7-13(19-3)12(18-2)6-9(11)5-10(8-14)20(4,15)16/h5-7H,1-4H3/b10-5-. The van der Waals surface area contributed by atoms with E-state index in [1.54, 1.807) is 18.2 Å². The van der Waals surface area contributed by atoms with E-state index in [4.69, 9.17) is 19.5 Å². The van der Waals surface area contributed by atoms with E-state index in [9.17, 15) is 8.42 Å². The van der Waals surface area contributed by atoms with Gasteiger partial charge in [0, 0.05) is 17.9 Å². The number of benzene rings is 1. The van der Waals surface area contributed by atoms with Crippen LogP contribution in [0, 0.1) is 11.3 Å². The van der Waals surface area contributed by atoms with Crippen molar-refractivity contribution in [3.8, 4) is 23.3 Å². The third kappa shape index (κ3) is 3.42. The van der Waals surface area contributed by atoms with E-state index in [0.29, 0.717) is 22.8 Å². The fraction of sp³-hybridized carbons (Fsp3) is 0.308. The Balaban J connectivity index is 3.53. The number of hydrogen-bond acceptors (Lipinski definition) is 6. The van der Waals surface area contributed by atoms with Crippen molar-refractivity contribution in [1.29, 1.82) is 5.26 Å².